The van der Waals surface area contributed by atoms with E-state index in [0.717, 1.165) is 11.5 Å². The lowest BCUT2D eigenvalue weighted by Crippen LogP contribution is -2.52. The molecule has 0 aliphatic carbocycles. The maximum Gasteiger partial charge on any atom is 0.133 e. The molecule has 1 rings (SSSR count). The Morgan fingerprint density at radius 2 is 2.19 bits per heavy atom. The van der Waals surface area contributed by atoms with Crippen LogP contribution in [0.4, 0.5) is 0 Å². The summed E-state index contributed by atoms with van der Waals surface area (Å²) >= 11 is 0. The molecule has 0 fully saturated rings. The van der Waals surface area contributed by atoms with Gasteiger partial charge in [0.2, 0.25) is 0 Å². The van der Waals surface area contributed by atoms with Crippen molar-refractivity contribution in [2.75, 3.05) is 6.54 Å². The molecule has 0 amide bonds. The molecule has 0 aromatic carbocycles. The molecular formula is C11H22ClN3O. The van der Waals surface area contributed by atoms with Crippen LogP contribution in [0.5, 0.6) is 0 Å². The molecule has 0 radical (unpaired) electrons. The van der Waals surface area contributed by atoms with Gasteiger partial charge in [-0.2, -0.15) is 0 Å². The van der Waals surface area contributed by atoms with Gasteiger partial charge >= 0.3 is 0 Å². The molecule has 0 saturated carbocycles. The predicted octanol–water partition coefficient (Wildman–Crippen LogP) is 1.87. The third-order valence-corrected chi connectivity index (χ3v) is 3.05. The SMILES string of the molecule is Cc1cc(CNC(C)(CN)C(C)C)no1.Cl. The van der Waals surface area contributed by atoms with E-state index in [4.69, 9.17) is 10.3 Å². The summed E-state index contributed by atoms with van der Waals surface area (Å²) in [7, 11) is 0. The van der Waals surface area contributed by atoms with Crippen LogP contribution in [0.15, 0.2) is 10.6 Å². The van der Waals surface area contributed by atoms with Crippen LogP contribution in [-0.4, -0.2) is 17.2 Å². The van der Waals surface area contributed by atoms with E-state index in [-0.39, 0.29) is 17.9 Å². The van der Waals surface area contributed by atoms with E-state index < -0.39 is 0 Å². The number of nitrogens with two attached hydrogens (primary N) is 1. The third-order valence-electron chi connectivity index (χ3n) is 3.05. The normalized spacial score (nSPS) is 14.6. The Kier molecular flexibility index (Phi) is 6.00. The maximum atomic E-state index is 5.77. The van der Waals surface area contributed by atoms with Crippen molar-refractivity contribution in [3.63, 3.8) is 0 Å². The van der Waals surface area contributed by atoms with Crippen LogP contribution in [0.2, 0.25) is 0 Å². The highest BCUT2D eigenvalue weighted by atomic mass is 35.5. The van der Waals surface area contributed by atoms with E-state index in [1.807, 2.05) is 13.0 Å². The van der Waals surface area contributed by atoms with Gasteiger partial charge in [-0.1, -0.05) is 19.0 Å². The highest BCUT2D eigenvalue weighted by Gasteiger charge is 2.25. The Hall–Kier alpha value is -0.580. The van der Waals surface area contributed by atoms with Gasteiger partial charge in [-0.15, -0.1) is 12.4 Å². The van der Waals surface area contributed by atoms with Gasteiger partial charge in [0, 0.05) is 24.7 Å². The van der Waals surface area contributed by atoms with Crippen molar-refractivity contribution in [1.82, 2.24) is 10.5 Å². The molecule has 16 heavy (non-hydrogen) atoms. The summed E-state index contributed by atoms with van der Waals surface area (Å²) in [4.78, 5) is 0. The van der Waals surface area contributed by atoms with E-state index in [2.05, 4.69) is 31.2 Å². The molecule has 0 aliphatic heterocycles. The summed E-state index contributed by atoms with van der Waals surface area (Å²) in [5, 5.41) is 7.36. The number of hydrogen-bond acceptors (Lipinski definition) is 4. The quantitative estimate of drug-likeness (QED) is 0.834. The molecule has 0 saturated heterocycles. The number of rotatable bonds is 5. The van der Waals surface area contributed by atoms with Crippen molar-refractivity contribution in [3.05, 3.63) is 17.5 Å². The van der Waals surface area contributed by atoms with Crippen LogP contribution < -0.4 is 11.1 Å². The van der Waals surface area contributed by atoms with Crippen LogP contribution in [0.3, 0.4) is 0 Å². The fourth-order valence-corrected chi connectivity index (χ4v) is 1.31. The second-order valence-corrected chi connectivity index (χ2v) is 4.56. The second-order valence-electron chi connectivity index (χ2n) is 4.56. The first kappa shape index (κ1) is 15.4. The summed E-state index contributed by atoms with van der Waals surface area (Å²) in [6.45, 7) is 9.65. The zero-order chi connectivity index (χ0) is 11.5. The minimum atomic E-state index is -0.0488. The van der Waals surface area contributed by atoms with E-state index in [1.54, 1.807) is 0 Å². The van der Waals surface area contributed by atoms with Crippen molar-refractivity contribution < 1.29 is 4.52 Å². The first-order valence-electron chi connectivity index (χ1n) is 5.35. The first-order valence-corrected chi connectivity index (χ1v) is 5.35. The van der Waals surface area contributed by atoms with Gasteiger partial charge in [0.15, 0.2) is 0 Å². The Bertz CT molecular complexity index is 314. The lowest BCUT2D eigenvalue weighted by atomic mass is 9.88. The Morgan fingerprint density at radius 1 is 1.56 bits per heavy atom. The van der Waals surface area contributed by atoms with E-state index in [9.17, 15) is 0 Å². The highest BCUT2D eigenvalue weighted by Crippen LogP contribution is 2.15. The van der Waals surface area contributed by atoms with Crippen LogP contribution in [0.1, 0.15) is 32.2 Å². The van der Waals surface area contributed by atoms with E-state index in [1.165, 1.54) is 0 Å². The van der Waals surface area contributed by atoms with E-state index >= 15 is 0 Å². The molecule has 0 bridgehead atoms. The Morgan fingerprint density at radius 3 is 2.56 bits per heavy atom. The molecule has 1 aromatic rings. The van der Waals surface area contributed by atoms with Crippen LogP contribution in [0, 0.1) is 12.8 Å². The Balaban J connectivity index is 0.00000225. The van der Waals surface area contributed by atoms with Gasteiger partial charge in [0.25, 0.3) is 0 Å². The van der Waals surface area contributed by atoms with Crippen LogP contribution in [-0.2, 0) is 6.54 Å². The van der Waals surface area contributed by atoms with Crippen LogP contribution >= 0.6 is 12.4 Å². The molecule has 1 unspecified atom stereocenters. The predicted molar refractivity (Wildman–Crippen MR) is 67.6 cm³/mol. The average Bonchev–Trinajstić information content (AvgIpc) is 2.60. The molecule has 3 N–H and O–H groups in total. The summed E-state index contributed by atoms with van der Waals surface area (Å²) in [5.41, 5.74) is 6.65. The van der Waals surface area contributed by atoms with Gasteiger partial charge in [0.1, 0.15) is 5.76 Å². The molecule has 94 valence electrons. The highest BCUT2D eigenvalue weighted by molar-refractivity contribution is 5.85. The zero-order valence-corrected chi connectivity index (χ0v) is 11.2. The van der Waals surface area contributed by atoms with Crippen molar-refractivity contribution in [1.29, 1.82) is 0 Å². The number of aryl methyl sites for hydroxylation is 1. The molecule has 1 heterocycles. The fraction of sp³-hybridized carbons (Fsp3) is 0.727. The summed E-state index contributed by atoms with van der Waals surface area (Å²) in [6, 6.07) is 1.93. The van der Waals surface area contributed by atoms with E-state index in [0.29, 0.717) is 19.0 Å². The van der Waals surface area contributed by atoms with Crippen molar-refractivity contribution in [3.8, 4) is 0 Å². The zero-order valence-electron chi connectivity index (χ0n) is 10.4. The Labute approximate surface area is 103 Å². The number of halogens is 1. The monoisotopic (exact) mass is 247 g/mol. The lowest BCUT2D eigenvalue weighted by Gasteiger charge is -2.33. The van der Waals surface area contributed by atoms with Gasteiger partial charge in [-0.05, 0) is 19.8 Å². The lowest BCUT2D eigenvalue weighted by molar-refractivity contribution is 0.263. The maximum absolute atomic E-state index is 5.77. The molecule has 1 aromatic heterocycles. The number of aromatic nitrogens is 1. The van der Waals surface area contributed by atoms with Gasteiger partial charge in [-0.25, -0.2) is 0 Å². The van der Waals surface area contributed by atoms with Gasteiger partial charge in [0.05, 0.1) is 5.69 Å². The van der Waals surface area contributed by atoms with Crippen molar-refractivity contribution in [2.24, 2.45) is 11.7 Å². The van der Waals surface area contributed by atoms with Crippen LogP contribution in [0.25, 0.3) is 0 Å². The summed E-state index contributed by atoms with van der Waals surface area (Å²) < 4.78 is 5.00. The van der Waals surface area contributed by atoms with Gasteiger partial charge in [-0.3, -0.25) is 0 Å². The number of hydrogen-bond donors (Lipinski definition) is 2. The molecule has 0 spiro atoms. The molecule has 5 heteroatoms. The van der Waals surface area contributed by atoms with Crippen molar-refractivity contribution >= 4 is 12.4 Å². The molecule has 1 atom stereocenters. The minimum absolute atomic E-state index is 0. The number of nitrogens with zero attached hydrogens (tertiary/aromatic N) is 1. The standard InChI is InChI=1S/C11H21N3O.ClH/c1-8(2)11(4,7-12)13-6-10-5-9(3)15-14-10;/h5,8,13H,6-7,12H2,1-4H3;1H. The third kappa shape index (κ3) is 3.77. The minimum Gasteiger partial charge on any atom is -0.361 e. The first-order chi connectivity index (χ1) is 6.98. The smallest absolute Gasteiger partial charge is 0.133 e. The summed E-state index contributed by atoms with van der Waals surface area (Å²) in [5.74, 6) is 1.32. The topological polar surface area (TPSA) is 64.1 Å². The average molecular weight is 248 g/mol. The molecular weight excluding hydrogens is 226 g/mol. The summed E-state index contributed by atoms with van der Waals surface area (Å²) in [6.07, 6.45) is 0. The molecule has 0 aliphatic rings. The number of nitrogens with one attached hydrogen (secondary N) is 1. The largest absolute Gasteiger partial charge is 0.361 e. The second kappa shape index (κ2) is 6.23. The fourth-order valence-electron chi connectivity index (χ4n) is 1.31. The molecule has 4 nitrogen and oxygen atoms in total. The van der Waals surface area contributed by atoms with Gasteiger partial charge < -0.3 is 15.6 Å². The van der Waals surface area contributed by atoms with Crippen molar-refractivity contribution in [2.45, 2.75) is 39.8 Å².